The minimum Gasteiger partial charge on any atom is -0.319 e. The van der Waals surface area contributed by atoms with Crippen LogP contribution in [0.15, 0.2) is 176 Å². The minimum atomic E-state index is 0.592. The number of nitriles is 1. The maximum absolute atomic E-state index is 9.71. The third-order valence-corrected chi connectivity index (χ3v) is 11.1. The van der Waals surface area contributed by atoms with E-state index in [2.05, 4.69) is 182 Å². The standard InChI is InChI=1S/C50H29N5/c1-52-42-29-33(23-27-49(42)54-45-19-9-3-13-36(45)37-14-4-10-20-46(37)54)35-12-2-7-17-43(35)55-47-21-11-5-15-38(47)40-25-24-34(30-50(40)55)53-44-18-8-6-16-39(44)41-28-32(31-51)22-26-48(41)53/h2-30H. The maximum Gasteiger partial charge on any atom is 0.211 e. The lowest BCUT2D eigenvalue weighted by atomic mass is 10.0. The molecule has 0 atom stereocenters. The van der Waals surface area contributed by atoms with E-state index in [0.717, 1.165) is 77.4 Å². The first-order valence-corrected chi connectivity index (χ1v) is 18.3. The van der Waals surface area contributed by atoms with E-state index in [1.807, 2.05) is 18.2 Å². The van der Waals surface area contributed by atoms with E-state index in [9.17, 15) is 5.26 Å². The van der Waals surface area contributed by atoms with Crippen molar-refractivity contribution in [1.82, 2.24) is 13.7 Å². The highest BCUT2D eigenvalue weighted by Crippen LogP contribution is 2.41. The summed E-state index contributed by atoms with van der Waals surface area (Å²) in [4.78, 5) is 4.12. The van der Waals surface area contributed by atoms with Crippen LogP contribution in [0.1, 0.15) is 5.56 Å². The number of benzene rings is 8. The van der Waals surface area contributed by atoms with Crippen LogP contribution in [0.5, 0.6) is 0 Å². The lowest BCUT2D eigenvalue weighted by molar-refractivity contribution is 1.15. The smallest absolute Gasteiger partial charge is 0.211 e. The summed E-state index contributed by atoms with van der Waals surface area (Å²) in [5.74, 6) is 0. The Bertz CT molecular complexity index is 3420. The zero-order valence-electron chi connectivity index (χ0n) is 29.5. The van der Waals surface area contributed by atoms with Gasteiger partial charge in [0.1, 0.15) is 0 Å². The predicted octanol–water partition coefficient (Wildman–Crippen LogP) is 13.1. The lowest BCUT2D eigenvalue weighted by Gasteiger charge is -2.16. The molecule has 3 heterocycles. The fraction of sp³-hybridized carbons (Fsp3) is 0. The van der Waals surface area contributed by atoms with Gasteiger partial charge in [-0.3, -0.25) is 0 Å². The van der Waals surface area contributed by atoms with E-state index >= 15 is 0 Å². The van der Waals surface area contributed by atoms with E-state index in [4.69, 9.17) is 6.57 Å². The van der Waals surface area contributed by atoms with Crippen LogP contribution in [0, 0.1) is 17.9 Å². The van der Waals surface area contributed by atoms with Gasteiger partial charge in [0.15, 0.2) is 0 Å². The molecule has 0 aliphatic heterocycles. The van der Waals surface area contributed by atoms with Gasteiger partial charge in [-0.1, -0.05) is 103 Å². The topological polar surface area (TPSA) is 42.9 Å². The second kappa shape index (κ2) is 11.8. The lowest BCUT2D eigenvalue weighted by Crippen LogP contribution is -1.99. The highest BCUT2D eigenvalue weighted by atomic mass is 15.0. The first-order chi connectivity index (χ1) is 27.2. The molecule has 0 aliphatic carbocycles. The fourth-order valence-corrected chi connectivity index (χ4v) is 8.74. The van der Waals surface area contributed by atoms with Gasteiger partial charge in [-0.15, -0.1) is 0 Å². The zero-order valence-corrected chi connectivity index (χ0v) is 29.5. The molecule has 0 amide bonds. The van der Waals surface area contributed by atoms with Crippen molar-refractivity contribution < 1.29 is 0 Å². The number of hydrogen-bond acceptors (Lipinski definition) is 1. The predicted molar refractivity (Wildman–Crippen MR) is 226 cm³/mol. The van der Waals surface area contributed by atoms with E-state index in [1.165, 1.54) is 16.2 Å². The Morgan fingerprint density at radius 1 is 0.418 bits per heavy atom. The van der Waals surface area contributed by atoms with Crippen molar-refractivity contribution in [2.75, 3.05) is 0 Å². The Balaban J connectivity index is 1.14. The van der Waals surface area contributed by atoms with Crippen LogP contribution in [0.2, 0.25) is 0 Å². The summed E-state index contributed by atoms with van der Waals surface area (Å²) in [6.45, 7) is 8.39. The molecule has 0 saturated heterocycles. The van der Waals surface area contributed by atoms with Gasteiger partial charge < -0.3 is 13.7 Å². The Labute approximate surface area is 316 Å². The number of hydrogen-bond donors (Lipinski definition) is 0. The number of rotatable bonds is 4. The number of nitrogens with zero attached hydrogens (tertiary/aromatic N) is 5. The molecule has 0 fully saturated rings. The number of aromatic nitrogens is 3. The summed E-state index contributed by atoms with van der Waals surface area (Å²) in [6, 6.07) is 63.6. The molecular weight excluding hydrogens is 671 g/mol. The van der Waals surface area contributed by atoms with Crippen molar-refractivity contribution in [3.8, 4) is 34.3 Å². The third-order valence-electron chi connectivity index (χ3n) is 11.1. The summed E-state index contributed by atoms with van der Waals surface area (Å²) in [5, 5.41) is 16.5. The minimum absolute atomic E-state index is 0.592. The Morgan fingerprint density at radius 3 is 1.58 bits per heavy atom. The van der Waals surface area contributed by atoms with Crippen molar-refractivity contribution >= 4 is 71.1 Å². The van der Waals surface area contributed by atoms with Crippen LogP contribution in [0.4, 0.5) is 5.69 Å². The SMILES string of the molecule is [C-]#[N+]c1cc(-c2ccccc2-n2c3ccccc3c3ccc(-n4c5ccccc5c5cc(C#N)ccc54)cc32)ccc1-n1c2ccccc2c2ccccc21. The summed E-state index contributed by atoms with van der Waals surface area (Å²) in [6.07, 6.45) is 0. The highest BCUT2D eigenvalue weighted by molar-refractivity contribution is 6.13. The van der Waals surface area contributed by atoms with Gasteiger partial charge in [0, 0.05) is 43.6 Å². The van der Waals surface area contributed by atoms with E-state index in [0.29, 0.717) is 11.3 Å². The quantitative estimate of drug-likeness (QED) is 0.169. The summed E-state index contributed by atoms with van der Waals surface area (Å²) < 4.78 is 6.89. The van der Waals surface area contributed by atoms with Crippen molar-refractivity contribution in [2.45, 2.75) is 0 Å². The number of para-hydroxylation sites is 5. The molecule has 11 aromatic rings. The first-order valence-electron chi connectivity index (χ1n) is 18.3. The average Bonchev–Trinajstić information content (AvgIpc) is 3.88. The molecule has 0 radical (unpaired) electrons. The second-order valence-corrected chi connectivity index (χ2v) is 14.0. The second-order valence-electron chi connectivity index (χ2n) is 14.0. The summed E-state index contributed by atoms with van der Waals surface area (Å²) in [7, 11) is 0. The molecule has 55 heavy (non-hydrogen) atoms. The van der Waals surface area contributed by atoms with Gasteiger partial charge in [-0.2, -0.15) is 5.26 Å². The first kappa shape index (κ1) is 30.7. The molecule has 11 rings (SSSR count). The molecular formula is C50H29N5. The largest absolute Gasteiger partial charge is 0.319 e. The van der Waals surface area contributed by atoms with Crippen molar-refractivity contribution in [1.29, 1.82) is 5.26 Å². The Kier molecular flexibility index (Phi) is 6.61. The number of fused-ring (bicyclic) bond motifs is 9. The van der Waals surface area contributed by atoms with E-state index in [-0.39, 0.29) is 0 Å². The van der Waals surface area contributed by atoms with Crippen LogP contribution in [0.25, 0.3) is 98.5 Å². The van der Waals surface area contributed by atoms with Crippen molar-refractivity contribution in [2.24, 2.45) is 0 Å². The normalized spacial score (nSPS) is 11.6. The fourth-order valence-electron chi connectivity index (χ4n) is 8.74. The van der Waals surface area contributed by atoms with Crippen LogP contribution in [-0.4, -0.2) is 13.7 Å². The van der Waals surface area contributed by atoms with Gasteiger partial charge in [0.25, 0.3) is 0 Å². The van der Waals surface area contributed by atoms with Gasteiger partial charge >= 0.3 is 0 Å². The molecule has 254 valence electrons. The van der Waals surface area contributed by atoms with Crippen LogP contribution in [-0.2, 0) is 0 Å². The van der Waals surface area contributed by atoms with E-state index in [1.54, 1.807) is 0 Å². The molecule has 0 bridgehead atoms. The van der Waals surface area contributed by atoms with Gasteiger partial charge in [-0.05, 0) is 78.4 Å². The molecule has 0 spiro atoms. The van der Waals surface area contributed by atoms with Crippen molar-refractivity contribution in [3.05, 3.63) is 193 Å². The molecule has 0 unspecified atom stereocenters. The molecule has 8 aromatic carbocycles. The molecule has 0 saturated carbocycles. The van der Waals surface area contributed by atoms with Crippen molar-refractivity contribution in [3.63, 3.8) is 0 Å². The van der Waals surface area contributed by atoms with Crippen LogP contribution < -0.4 is 0 Å². The van der Waals surface area contributed by atoms with E-state index < -0.39 is 0 Å². The zero-order chi connectivity index (χ0) is 36.6. The monoisotopic (exact) mass is 699 g/mol. The molecule has 5 nitrogen and oxygen atoms in total. The average molecular weight is 700 g/mol. The van der Waals surface area contributed by atoms with Gasteiger partial charge in [0.05, 0.1) is 62.7 Å². The molecule has 5 heteroatoms. The summed E-state index contributed by atoms with van der Waals surface area (Å²) >= 11 is 0. The molecule has 0 aliphatic rings. The van der Waals surface area contributed by atoms with Crippen LogP contribution >= 0.6 is 0 Å². The summed E-state index contributed by atoms with van der Waals surface area (Å²) in [5.41, 5.74) is 12.7. The maximum atomic E-state index is 9.71. The van der Waals surface area contributed by atoms with Crippen LogP contribution in [0.3, 0.4) is 0 Å². The van der Waals surface area contributed by atoms with Gasteiger partial charge in [-0.25, -0.2) is 4.85 Å². The Hall–Kier alpha value is -7.86. The highest BCUT2D eigenvalue weighted by Gasteiger charge is 2.20. The third kappa shape index (κ3) is 4.45. The van der Waals surface area contributed by atoms with Gasteiger partial charge in [0.2, 0.25) is 5.69 Å². The molecule has 3 aromatic heterocycles. The molecule has 0 N–H and O–H groups in total. The Morgan fingerprint density at radius 2 is 0.945 bits per heavy atom.